The van der Waals surface area contributed by atoms with Crippen molar-refractivity contribution < 1.29 is 22.7 Å². The van der Waals surface area contributed by atoms with E-state index in [1.165, 1.54) is 18.2 Å². The summed E-state index contributed by atoms with van der Waals surface area (Å²) in [4.78, 5) is 10.9. The van der Waals surface area contributed by atoms with Crippen molar-refractivity contribution in [2.24, 2.45) is 5.73 Å². The Labute approximate surface area is 113 Å². The van der Waals surface area contributed by atoms with Gasteiger partial charge in [0.05, 0.1) is 12.0 Å². The molecule has 0 bridgehead atoms. The van der Waals surface area contributed by atoms with Crippen LogP contribution in [0.15, 0.2) is 24.3 Å². The molecule has 1 aromatic carbocycles. The second kappa shape index (κ2) is 6.91. The van der Waals surface area contributed by atoms with Crippen LogP contribution in [0.4, 0.5) is 13.2 Å². The van der Waals surface area contributed by atoms with Gasteiger partial charge in [0.1, 0.15) is 19.0 Å². The van der Waals surface area contributed by atoms with Crippen molar-refractivity contribution in [2.75, 3.05) is 13.2 Å². The highest BCUT2D eigenvalue weighted by Gasteiger charge is 2.42. The van der Waals surface area contributed by atoms with E-state index in [1.54, 1.807) is 6.07 Å². The van der Waals surface area contributed by atoms with E-state index in [2.05, 4.69) is 4.74 Å². The zero-order valence-electron chi connectivity index (χ0n) is 10.5. The third-order valence-electron chi connectivity index (χ3n) is 2.66. The first kappa shape index (κ1) is 16.0. The number of carbonyl (C=O) groups is 1. The highest BCUT2D eigenvalue weighted by Crippen LogP contribution is 2.37. The topological polar surface area (TPSA) is 76.1 Å². The van der Waals surface area contributed by atoms with Gasteiger partial charge in [0.15, 0.2) is 0 Å². The van der Waals surface area contributed by atoms with Crippen LogP contribution in [0.25, 0.3) is 0 Å². The number of nitrogens with two attached hydrogens (primary N) is 1. The molecule has 0 radical (unpaired) electrons. The normalized spacial score (nSPS) is 12.7. The summed E-state index contributed by atoms with van der Waals surface area (Å²) in [5.41, 5.74) is 4.64. The Bertz CT molecular complexity index is 515. The van der Waals surface area contributed by atoms with Gasteiger partial charge in [-0.15, -0.1) is 0 Å². The van der Waals surface area contributed by atoms with E-state index in [0.29, 0.717) is 0 Å². The van der Waals surface area contributed by atoms with E-state index in [9.17, 15) is 18.0 Å². The molecule has 0 aliphatic carbocycles. The number of rotatable bonds is 7. The molecule has 1 rings (SSSR count). The van der Waals surface area contributed by atoms with Crippen molar-refractivity contribution in [3.63, 3.8) is 0 Å². The molecule has 0 aliphatic heterocycles. The van der Waals surface area contributed by atoms with Crippen molar-refractivity contribution in [1.29, 1.82) is 5.26 Å². The van der Waals surface area contributed by atoms with Crippen LogP contribution >= 0.6 is 0 Å². The number of nitriles is 1. The summed E-state index contributed by atoms with van der Waals surface area (Å²) in [6.07, 6.45) is -0.718. The predicted molar refractivity (Wildman–Crippen MR) is 64.3 cm³/mol. The van der Waals surface area contributed by atoms with Crippen molar-refractivity contribution in [3.8, 4) is 6.07 Å². The second-order valence-electron chi connectivity index (χ2n) is 4.16. The molecule has 0 saturated heterocycles. The van der Waals surface area contributed by atoms with Crippen LogP contribution in [0.1, 0.15) is 17.9 Å². The molecule has 0 heterocycles. The Morgan fingerprint density at radius 3 is 2.65 bits per heavy atom. The van der Waals surface area contributed by atoms with Crippen molar-refractivity contribution in [2.45, 2.75) is 18.3 Å². The average molecular weight is 286 g/mol. The molecular formula is C13H13F3N2O2. The fraction of sp³-hybridized carbons (Fsp3) is 0.385. The van der Waals surface area contributed by atoms with Gasteiger partial charge in [-0.2, -0.15) is 5.26 Å². The molecule has 1 unspecified atom stereocenters. The number of amides is 1. The first-order valence-corrected chi connectivity index (χ1v) is 5.73. The monoisotopic (exact) mass is 286 g/mol. The molecule has 0 spiro atoms. The summed E-state index contributed by atoms with van der Waals surface area (Å²) in [5.74, 6) is -7.08. The van der Waals surface area contributed by atoms with Crippen molar-refractivity contribution in [1.82, 2.24) is 0 Å². The number of carbonyl (C=O) groups excluding carboxylic acids is 1. The molecule has 1 atom stereocenters. The zero-order valence-corrected chi connectivity index (χ0v) is 10.5. The maximum atomic E-state index is 14.0. The number of hydrogen-bond donors (Lipinski definition) is 1. The molecule has 0 saturated carbocycles. The van der Waals surface area contributed by atoms with E-state index < -0.39 is 43.2 Å². The van der Waals surface area contributed by atoms with E-state index in [0.717, 1.165) is 6.07 Å². The highest BCUT2D eigenvalue weighted by molar-refractivity contribution is 5.75. The van der Waals surface area contributed by atoms with E-state index in [1.807, 2.05) is 0 Å². The fourth-order valence-corrected chi connectivity index (χ4v) is 1.78. The molecular weight excluding hydrogens is 273 g/mol. The quantitative estimate of drug-likeness (QED) is 0.778. The van der Waals surface area contributed by atoms with Crippen LogP contribution in [0.5, 0.6) is 0 Å². The summed E-state index contributed by atoms with van der Waals surface area (Å²) in [6.45, 7) is -1.61. The Kier molecular flexibility index (Phi) is 5.53. The van der Waals surface area contributed by atoms with E-state index >= 15 is 0 Å². The van der Waals surface area contributed by atoms with Gasteiger partial charge in [0, 0.05) is 6.42 Å². The molecule has 1 amide bonds. The van der Waals surface area contributed by atoms with Crippen LogP contribution < -0.4 is 5.73 Å². The van der Waals surface area contributed by atoms with Crippen LogP contribution in [0.2, 0.25) is 0 Å². The molecule has 108 valence electrons. The lowest BCUT2D eigenvalue weighted by Crippen LogP contribution is -2.35. The Hall–Kier alpha value is -2.07. The van der Waals surface area contributed by atoms with Gasteiger partial charge in [-0.25, -0.2) is 13.2 Å². The Morgan fingerprint density at radius 1 is 1.45 bits per heavy atom. The van der Waals surface area contributed by atoms with Gasteiger partial charge in [-0.05, 0) is 11.6 Å². The minimum absolute atomic E-state index is 0.308. The summed E-state index contributed by atoms with van der Waals surface area (Å²) < 4.78 is 46.2. The fourth-order valence-electron chi connectivity index (χ4n) is 1.78. The number of benzene rings is 1. The third-order valence-corrected chi connectivity index (χ3v) is 2.66. The SMILES string of the molecule is N#CCOCC(F)(F)C(CC(N)=O)c1ccccc1F. The standard InChI is InChI=1S/C13H13F3N2O2/c14-11-4-2-1-3-9(11)10(7-12(18)19)13(15,16)8-20-6-5-17/h1-4,10H,6-8H2,(H2,18,19). The highest BCUT2D eigenvalue weighted by atomic mass is 19.3. The predicted octanol–water partition coefficient (Wildman–Crippen LogP) is 1.96. The smallest absolute Gasteiger partial charge is 0.278 e. The molecule has 1 aromatic rings. The van der Waals surface area contributed by atoms with E-state index in [-0.39, 0.29) is 5.56 Å². The maximum Gasteiger partial charge on any atom is 0.278 e. The van der Waals surface area contributed by atoms with Gasteiger partial charge in [-0.1, -0.05) is 18.2 Å². The van der Waals surface area contributed by atoms with Crippen LogP contribution in [0, 0.1) is 17.1 Å². The Morgan fingerprint density at radius 2 is 2.10 bits per heavy atom. The molecule has 20 heavy (non-hydrogen) atoms. The largest absolute Gasteiger partial charge is 0.370 e. The minimum atomic E-state index is -3.52. The van der Waals surface area contributed by atoms with Gasteiger partial charge in [0.2, 0.25) is 5.91 Å². The molecule has 0 aromatic heterocycles. The molecule has 7 heteroatoms. The van der Waals surface area contributed by atoms with Crippen LogP contribution in [-0.4, -0.2) is 25.0 Å². The number of alkyl halides is 2. The number of ether oxygens (including phenoxy) is 1. The van der Waals surface area contributed by atoms with Crippen molar-refractivity contribution >= 4 is 5.91 Å². The first-order chi connectivity index (χ1) is 9.38. The van der Waals surface area contributed by atoms with E-state index in [4.69, 9.17) is 11.0 Å². The number of primary amides is 1. The summed E-state index contributed by atoms with van der Waals surface area (Å²) in [7, 11) is 0. The van der Waals surface area contributed by atoms with Crippen LogP contribution in [-0.2, 0) is 9.53 Å². The Balaban J connectivity index is 3.03. The lowest BCUT2D eigenvalue weighted by Gasteiger charge is -2.26. The molecule has 2 N–H and O–H groups in total. The molecule has 0 aliphatic rings. The second-order valence-corrected chi connectivity index (χ2v) is 4.16. The van der Waals surface area contributed by atoms with Gasteiger partial charge in [0.25, 0.3) is 5.92 Å². The summed E-state index contributed by atoms with van der Waals surface area (Å²) >= 11 is 0. The van der Waals surface area contributed by atoms with Crippen LogP contribution in [0.3, 0.4) is 0 Å². The number of hydrogen-bond acceptors (Lipinski definition) is 3. The maximum absolute atomic E-state index is 14.0. The summed E-state index contributed by atoms with van der Waals surface area (Å²) in [5, 5.41) is 8.25. The lowest BCUT2D eigenvalue weighted by molar-refractivity contribution is -0.125. The molecule has 0 fully saturated rings. The average Bonchev–Trinajstić information content (AvgIpc) is 2.37. The first-order valence-electron chi connectivity index (χ1n) is 5.73. The zero-order chi connectivity index (χ0) is 15.2. The number of nitrogens with zero attached hydrogens (tertiary/aromatic N) is 1. The summed E-state index contributed by atoms with van der Waals surface area (Å²) in [6, 6.07) is 6.48. The van der Waals surface area contributed by atoms with Gasteiger partial charge in [-0.3, -0.25) is 4.79 Å². The van der Waals surface area contributed by atoms with Gasteiger partial charge < -0.3 is 10.5 Å². The molecule has 4 nitrogen and oxygen atoms in total. The third kappa shape index (κ3) is 4.24. The minimum Gasteiger partial charge on any atom is -0.370 e. The number of halogens is 3. The van der Waals surface area contributed by atoms with Crippen molar-refractivity contribution in [3.05, 3.63) is 35.6 Å². The lowest BCUT2D eigenvalue weighted by atomic mass is 9.89. The van der Waals surface area contributed by atoms with Gasteiger partial charge >= 0.3 is 0 Å².